The average molecular weight is 448 g/mol. The zero-order valence-electron chi connectivity index (χ0n) is 19.2. The monoisotopic (exact) mass is 447 g/mol. The van der Waals surface area contributed by atoms with Crippen molar-refractivity contribution < 1.29 is 14.1 Å². The number of hydrogen-bond donors (Lipinski definition) is 1. The van der Waals surface area contributed by atoms with E-state index in [9.17, 15) is 9.59 Å². The fourth-order valence-corrected chi connectivity index (χ4v) is 3.92. The summed E-state index contributed by atoms with van der Waals surface area (Å²) in [6.45, 7) is 3.11. The van der Waals surface area contributed by atoms with Crippen LogP contribution in [-0.2, 0) is 4.79 Å². The van der Waals surface area contributed by atoms with Crippen LogP contribution in [0.2, 0.25) is 0 Å². The van der Waals surface area contributed by atoms with Gasteiger partial charge in [0, 0.05) is 62.0 Å². The number of likely N-dealkylation sites (tertiary alicyclic amines) is 1. The highest BCUT2D eigenvalue weighted by molar-refractivity contribution is 5.94. The first kappa shape index (κ1) is 22.5. The minimum atomic E-state index is -0.0455. The Morgan fingerprint density at radius 3 is 2.52 bits per heavy atom. The molecule has 8 heteroatoms. The number of carbonyl (C=O) groups is 2. The topological polar surface area (TPSA) is 91.6 Å². The van der Waals surface area contributed by atoms with Gasteiger partial charge >= 0.3 is 0 Å². The van der Waals surface area contributed by atoms with Crippen molar-refractivity contribution in [1.29, 1.82) is 0 Å². The summed E-state index contributed by atoms with van der Waals surface area (Å²) in [4.78, 5) is 33.0. The minimum absolute atomic E-state index is 0.0455. The van der Waals surface area contributed by atoms with E-state index in [0.717, 1.165) is 24.1 Å². The Morgan fingerprint density at radius 2 is 1.85 bits per heavy atom. The third kappa shape index (κ3) is 5.22. The van der Waals surface area contributed by atoms with Crippen LogP contribution in [0.1, 0.15) is 48.4 Å². The summed E-state index contributed by atoms with van der Waals surface area (Å²) in [6.07, 6.45) is 1.96. The first-order valence-electron chi connectivity index (χ1n) is 11.2. The van der Waals surface area contributed by atoms with Crippen molar-refractivity contribution in [3.05, 3.63) is 60.0 Å². The molecule has 33 heavy (non-hydrogen) atoms. The molecule has 1 aliphatic rings. The van der Waals surface area contributed by atoms with Gasteiger partial charge in [-0.15, -0.1) is 0 Å². The maximum absolute atomic E-state index is 12.9. The van der Waals surface area contributed by atoms with E-state index in [1.165, 1.54) is 0 Å². The number of anilines is 2. The van der Waals surface area contributed by atoms with Crippen LogP contribution in [0.25, 0.3) is 11.4 Å². The average Bonchev–Trinajstić information content (AvgIpc) is 3.34. The van der Waals surface area contributed by atoms with Crippen LogP contribution in [0.15, 0.2) is 53.1 Å². The second kappa shape index (κ2) is 9.85. The highest BCUT2D eigenvalue weighted by Gasteiger charge is 2.28. The summed E-state index contributed by atoms with van der Waals surface area (Å²) in [5.41, 5.74) is 3.26. The van der Waals surface area contributed by atoms with Crippen LogP contribution in [-0.4, -0.2) is 54.0 Å². The van der Waals surface area contributed by atoms with Gasteiger partial charge in [-0.2, -0.15) is 4.98 Å². The van der Waals surface area contributed by atoms with Crippen LogP contribution in [0, 0.1) is 0 Å². The van der Waals surface area contributed by atoms with Crippen molar-refractivity contribution in [2.45, 2.75) is 32.1 Å². The molecule has 0 spiro atoms. The maximum Gasteiger partial charge on any atom is 0.253 e. The molecule has 2 heterocycles. The van der Waals surface area contributed by atoms with Crippen molar-refractivity contribution in [2.75, 3.05) is 37.4 Å². The van der Waals surface area contributed by atoms with Gasteiger partial charge < -0.3 is 19.6 Å². The summed E-state index contributed by atoms with van der Waals surface area (Å²) in [5.74, 6) is 1.22. The number of aromatic nitrogens is 2. The molecule has 0 atom stereocenters. The lowest BCUT2D eigenvalue weighted by atomic mass is 9.96. The molecule has 1 N–H and O–H groups in total. The van der Waals surface area contributed by atoms with Crippen LogP contribution >= 0.6 is 0 Å². The fourth-order valence-electron chi connectivity index (χ4n) is 3.92. The van der Waals surface area contributed by atoms with E-state index in [4.69, 9.17) is 4.52 Å². The van der Waals surface area contributed by atoms with Crippen molar-refractivity contribution in [2.24, 2.45) is 0 Å². The van der Waals surface area contributed by atoms with Crippen molar-refractivity contribution in [3.63, 3.8) is 0 Å². The molecule has 1 fully saturated rings. The number of nitrogens with one attached hydrogen (secondary N) is 1. The molecule has 2 amide bonds. The molecular formula is C25H29N5O3. The van der Waals surface area contributed by atoms with Gasteiger partial charge in [-0.3, -0.25) is 9.59 Å². The standard InChI is InChI=1S/C25H29N5O3/c1-4-22(31)26-20-7-5-6-19(16-20)23-27-24(33-28-23)17-12-14-30(15-13-17)25(32)18-8-10-21(11-9-18)29(2)3/h5-11,16-17H,4,12-15H2,1-3H3,(H,26,31). The third-order valence-electron chi connectivity index (χ3n) is 5.93. The van der Waals surface area contributed by atoms with E-state index < -0.39 is 0 Å². The molecule has 0 radical (unpaired) electrons. The number of rotatable bonds is 6. The lowest BCUT2D eigenvalue weighted by Gasteiger charge is -2.30. The van der Waals surface area contributed by atoms with Crippen LogP contribution < -0.4 is 10.2 Å². The van der Waals surface area contributed by atoms with Crippen LogP contribution in [0.4, 0.5) is 11.4 Å². The Labute approximate surface area is 193 Å². The lowest BCUT2D eigenvalue weighted by Crippen LogP contribution is -2.38. The lowest BCUT2D eigenvalue weighted by molar-refractivity contribution is -0.115. The quantitative estimate of drug-likeness (QED) is 0.610. The molecule has 8 nitrogen and oxygen atoms in total. The predicted octanol–water partition coefficient (Wildman–Crippen LogP) is 4.17. The number of amides is 2. The molecule has 1 saturated heterocycles. The first-order valence-corrected chi connectivity index (χ1v) is 11.2. The summed E-state index contributed by atoms with van der Waals surface area (Å²) >= 11 is 0. The molecular weight excluding hydrogens is 418 g/mol. The molecule has 2 aromatic carbocycles. The minimum Gasteiger partial charge on any atom is -0.378 e. The number of carbonyl (C=O) groups excluding carboxylic acids is 2. The van der Waals surface area contributed by atoms with E-state index >= 15 is 0 Å². The van der Waals surface area contributed by atoms with Gasteiger partial charge in [0.2, 0.25) is 17.6 Å². The summed E-state index contributed by atoms with van der Waals surface area (Å²) < 4.78 is 5.56. The van der Waals surface area contributed by atoms with Gasteiger partial charge in [-0.05, 0) is 49.2 Å². The number of nitrogens with zero attached hydrogens (tertiary/aromatic N) is 4. The Hall–Kier alpha value is -3.68. The summed E-state index contributed by atoms with van der Waals surface area (Å²) in [7, 11) is 3.96. The van der Waals surface area contributed by atoms with Crippen molar-refractivity contribution >= 4 is 23.2 Å². The first-order chi connectivity index (χ1) is 15.9. The maximum atomic E-state index is 12.9. The fraction of sp³-hybridized carbons (Fsp3) is 0.360. The second-order valence-corrected chi connectivity index (χ2v) is 8.45. The number of benzene rings is 2. The highest BCUT2D eigenvalue weighted by atomic mass is 16.5. The largest absolute Gasteiger partial charge is 0.378 e. The van der Waals surface area contributed by atoms with Crippen LogP contribution in [0.3, 0.4) is 0 Å². The summed E-state index contributed by atoms with van der Waals surface area (Å²) in [6, 6.07) is 15.1. The van der Waals surface area contributed by atoms with Crippen molar-refractivity contribution in [1.82, 2.24) is 15.0 Å². The van der Waals surface area contributed by atoms with Gasteiger partial charge in [0.1, 0.15) is 0 Å². The van der Waals surface area contributed by atoms with E-state index in [1.54, 1.807) is 0 Å². The second-order valence-electron chi connectivity index (χ2n) is 8.45. The Bertz CT molecular complexity index is 1120. The van der Waals surface area contributed by atoms with Gasteiger partial charge in [-0.1, -0.05) is 24.2 Å². The van der Waals surface area contributed by atoms with Crippen molar-refractivity contribution in [3.8, 4) is 11.4 Å². The number of piperidine rings is 1. The molecule has 172 valence electrons. The molecule has 0 bridgehead atoms. The SMILES string of the molecule is CCC(=O)Nc1cccc(-c2noc(C3CCN(C(=O)c4ccc(N(C)C)cc4)CC3)n2)c1. The Kier molecular flexibility index (Phi) is 6.72. The third-order valence-corrected chi connectivity index (χ3v) is 5.93. The predicted molar refractivity (Wildman–Crippen MR) is 127 cm³/mol. The highest BCUT2D eigenvalue weighted by Crippen LogP contribution is 2.30. The smallest absolute Gasteiger partial charge is 0.253 e. The molecule has 0 unspecified atom stereocenters. The normalized spacial score (nSPS) is 14.2. The van der Waals surface area contributed by atoms with E-state index in [0.29, 0.717) is 42.5 Å². The van der Waals surface area contributed by atoms with Gasteiger partial charge in [0.15, 0.2) is 0 Å². The van der Waals surface area contributed by atoms with Crippen LogP contribution in [0.5, 0.6) is 0 Å². The number of hydrogen-bond acceptors (Lipinski definition) is 6. The van der Waals surface area contributed by atoms with E-state index in [1.807, 2.05) is 79.3 Å². The molecule has 3 aromatic rings. The van der Waals surface area contributed by atoms with E-state index in [2.05, 4.69) is 15.5 Å². The molecule has 0 saturated carbocycles. The van der Waals surface area contributed by atoms with Gasteiger partial charge in [-0.25, -0.2) is 0 Å². The molecule has 0 aliphatic carbocycles. The molecule has 1 aromatic heterocycles. The molecule has 1 aliphatic heterocycles. The molecule has 4 rings (SSSR count). The Balaban J connectivity index is 1.37. The van der Waals surface area contributed by atoms with E-state index in [-0.39, 0.29) is 17.7 Å². The van der Waals surface area contributed by atoms with Gasteiger partial charge in [0.25, 0.3) is 5.91 Å². The Morgan fingerprint density at radius 1 is 1.12 bits per heavy atom. The van der Waals surface area contributed by atoms with Gasteiger partial charge in [0.05, 0.1) is 0 Å². The zero-order chi connectivity index (χ0) is 23.4. The summed E-state index contributed by atoms with van der Waals surface area (Å²) in [5, 5.41) is 6.99. The zero-order valence-corrected chi connectivity index (χ0v) is 19.2.